The Morgan fingerprint density at radius 3 is 2.06 bits per heavy atom. The molecule has 0 aromatic heterocycles. The Labute approximate surface area is 192 Å². The fraction of sp³-hybridized carbons (Fsp3) is 0.269. The van der Waals surface area contributed by atoms with Crippen molar-refractivity contribution < 1.29 is 9.53 Å². The Bertz CT molecular complexity index is 1290. The Hall–Kier alpha value is -4.59. The van der Waals surface area contributed by atoms with Crippen LogP contribution in [0.25, 0.3) is 0 Å². The molecule has 1 saturated heterocycles. The molecule has 160 valence electrons. The van der Waals surface area contributed by atoms with Gasteiger partial charge >= 0.3 is 0 Å². The third kappa shape index (κ3) is 2.54. The molecule has 4 rings (SSSR count). The van der Waals surface area contributed by atoms with Crippen LogP contribution in [0, 0.1) is 61.6 Å². The van der Waals surface area contributed by atoms with E-state index in [-0.39, 0.29) is 6.42 Å². The smallest absolute Gasteiger partial charge is 0.242 e. The number of nitrogens with zero attached hydrogens (tertiary/aromatic N) is 5. The highest BCUT2D eigenvalue weighted by Gasteiger charge is 2.79. The Morgan fingerprint density at radius 2 is 1.55 bits per heavy atom. The summed E-state index contributed by atoms with van der Waals surface area (Å²) in [6, 6.07) is 23.0. The van der Waals surface area contributed by atoms with Crippen molar-refractivity contribution in [1.29, 1.82) is 21.0 Å². The van der Waals surface area contributed by atoms with E-state index in [0.717, 1.165) is 0 Å². The van der Waals surface area contributed by atoms with Crippen LogP contribution < -0.4 is 9.64 Å². The fourth-order valence-electron chi connectivity index (χ4n) is 5.26. The number of methoxy groups -OCH3 is 1. The summed E-state index contributed by atoms with van der Waals surface area (Å²) in [5, 5.41) is 40.8. The summed E-state index contributed by atoms with van der Waals surface area (Å²) in [4.78, 5) is 15.5. The van der Waals surface area contributed by atoms with Crippen LogP contribution in [0.15, 0.2) is 66.2 Å². The molecule has 1 amide bonds. The minimum atomic E-state index is -2.20. The summed E-state index contributed by atoms with van der Waals surface area (Å²) in [6.45, 7) is 1.72. The number of β-lactam (4-membered cyclic amide) rings is 1. The quantitative estimate of drug-likeness (QED) is 0.528. The van der Waals surface area contributed by atoms with Gasteiger partial charge in [-0.25, -0.2) is 0 Å². The summed E-state index contributed by atoms with van der Waals surface area (Å²) < 4.78 is 5.22. The lowest BCUT2D eigenvalue weighted by atomic mass is 9.42. The first-order valence-corrected chi connectivity index (χ1v) is 10.3. The average Bonchev–Trinajstić information content (AvgIpc) is 2.86. The van der Waals surface area contributed by atoms with Gasteiger partial charge in [-0.05, 0) is 36.8 Å². The predicted molar refractivity (Wildman–Crippen MR) is 118 cm³/mol. The molecule has 2 aromatic rings. The molecule has 33 heavy (non-hydrogen) atoms. The van der Waals surface area contributed by atoms with Gasteiger partial charge in [0, 0.05) is 12.1 Å². The molecule has 7 heteroatoms. The minimum absolute atomic E-state index is 0.0831. The van der Waals surface area contributed by atoms with E-state index < -0.39 is 28.2 Å². The summed E-state index contributed by atoms with van der Waals surface area (Å²) >= 11 is 0. The van der Waals surface area contributed by atoms with E-state index >= 15 is 0 Å². The number of anilines is 1. The monoisotopic (exact) mass is 433 g/mol. The molecule has 2 aliphatic rings. The zero-order valence-electron chi connectivity index (χ0n) is 18.1. The first-order chi connectivity index (χ1) is 15.9. The van der Waals surface area contributed by atoms with Gasteiger partial charge in [0.05, 0.1) is 37.4 Å². The molecule has 2 atom stereocenters. The highest BCUT2D eigenvalue weighted by molar-refractivity contribution is 6.09. The van der Waals surface area contributed by atoms with Crippen molar-refractivity contribution in [3.8, 4) is 30.0 Å². The molecule has 0 unspecified atom stereocenters. The maximum atomic E-state index is 14.0. The van der Waals surface area contributed by atoms with Gasteiger partial charge in [-0.3, -0.25) is 4.79 Å². The molecule has 1 fully saturated rings. The lowest BCUT2D eigenvalue weighted by Gasteiger charge is -2.62. The molecule has 0 radical (unpaired) electrons. The third-order valence-corrected chi connectivity index (χ3v) is 6.72. The van der Waals surface area contributed by atoms with Gasteiger partial charge in [0.15, 0.2) is 10.8 Å². The second-order valence-electron chi connectivity index (χ2n) is 8.33. The number of hydrogen-bond donors (Lipinski definition) is 0. The number of hydrogen-bond acceptors (Lipinski definition) is 6. The minimum Gasteiger partial charge on any atom is -0.497 e. The van der Waals surface area contributed by atoms with Crippen molar-refractivity contribution in [2.75, 3.05) is 12.0 Å². The number of carbonyl (C=O) groups excluding carboxylic acids is 1. The van der Waals surface area contributed by atoms with E-state index in [4.69, 9.17) is 4.74 Å². The van der Waals surface area contributed by atoms with Crippen LogP contribution in [0.3, 0.4) is 0 Å². The van der Waals surface area contributed by atoms with Crippen molar-refractivity contribution in [3.63, 3.8) is 0 Å². The van der Waals surface area contributed by atoms with E-state index in [2.05, 4.69) is 0 Å². The summed E-state index contributed by atoms with van der Waals surface area (Å²) in [5.41, 5.74) is -4.04. The molecular weight excluding hydrogens is 414 g/mol. The molecule has 1 spiro atoms. The molecule has 1 heterocycles. The van der Waals surface area contributed by atoms with Gasteiger partial charge in [-0.2, -0.15) is 21.0 Å². The van der Waals surface area contributed by atoms with Crippen LogP contribution in [0.5, 0.6) is 5.75 Å². The molecule has 1 aliphatic carbocycles. The van der Waals surface area contributed by atoms with Crippen LogP contribution in [-0.4, -0.2) is 13.0 Å². The predicted octanol–water partition coefficient (Wildman–Crippen LogP) is 4.19. The maximum Gasteiger partial charge on any atom is 0.242 e. The zero-order valence-corrected chi connectivity index (χ0v) is 18.1. The summed E-state index contributed by atoms with van der Waals surface area (Å²) in [7, 11) is 1.54. The number of benzene rings is 2. The highest BCUT2D eigenvalue weighted by Crippen LogP contribution is 2.69. The summed E-state index contributed by atoms with van der Waals surface area (Å²) in [5.74, 6) is 0.112. The number of allylic oxidation sites excluding steroid dienone is 1. The van der Waals surface area contributed by atoms with Crippen LogP contribution in [0.1, 0.15) is 24.9 Å². The van der Waals surface area contributed by atoms with Crippen molar-refractivity contribution in [2.45, 2.75) is 19.4 Å². The molecule has 0 N–H and O–H groups in total. The third-order valence-electron chi connectivity index (χ3n) is 6.72. The zero-order chi connectivity index (χ0) is 23.9. The standard InChI is InChI=1S/C26H19N5O2/c1-18-12-24(14-27,15-28)25(16-29,17-30)26(13-18)22(19-6-4-3-5-7-19)31(23(26)32)20-8-10-21(33-2)11-9-20/h3-11,13,22H,12H2,1-2H3/t22-,26-/m1/s1. The first kappa shape index (κ1) is 21.6. The number of carbonyl (C=O) groups is 1. The molecule has 0 bridgehead atoms. The van der Waals surface area contributed by atoms with Crippen molar-refractivity contribution >= 4 is 11.6 Å². The van der Waals surface area contributed by atoms with Crippen LogP contribution in [0.4, 0.5) is 5.69 Å². The van der Waals surface area contributed by atoms with Gasteiger partial charge < -0.3 is 9.64 Å². The van der Waals surface area contributed by atoms with E-state index in [1.165, 1.54) is 4.90 Å². The second-order valence-corrected chi connectivity index (χ2v) is 8.33. The van der Waals surface area contributed by atoms with Gasteiger partial charge in [-0.15, -0.1) is 0 Å². The van der Waals surface area contributed by atoms with Crippen molar-refractivity contribution in [3.05, 3.63) is 71.8 Å². The fourth-order valence-corrected chi connectivity index (χ4v) is 5.26. The molecular formula is C26H19N5O2. The lowest BCUT2D eigenvalue weighted by Crippen LogP contribution is -2.73. The van der Waals surface area contributed by atoms with E-state index in [9.17, 15) is 25.8 Å². The highest BCUT2D eigenvalue weighted by atomic mass is 16.5. The van der Waals surface area contributed by atoms with Crippen LogP contribution in [0.2, 0.25) is 0 Å². The average molecular weight is 433 g/mol. The summed E-state index contributed by atoms with van der Waals surface area (Å²) in [6.07, 6.45) is 1.55. The Balaban J connectivity index is 2.04. The van der Waals surface area contributed by atoms with E-state index in [0.29, 0.717) is 22.6 Å². The molecule has 1 aliphatic heterocycles. The number of nitriles is 4. The van der Waals surface area contributed by atoms with Crippen LogP contribution >= 0.6 is 0 Å². The van der Waals surface area contributed by atoms with Gasteiger partial charge in [0.25, 0.3) is 0 Å². The maximum absolute atomic E-state index is 14.0. The first-order valence-electron chi connectivity index (χ1n) is 10.3. The molecule has 7 nitrogen and oxygen atoms in total. The van der Waals surface area contributed by atoms with Gasteiger partial charge in [0.2, 0.25) is 5.91 Å². The number of amides is 1. The largest absolute Gasteiger partial charge is 0.497 e. The topological polar surface area (TPSA) is 125 Å². The van der Waals surface area contributed by atoms with E-state index in [1.54, 1.807) is 56.5 Å². The Kier molecular flexibility index (Phi) is 4.93. The van der Waals surface area contributed by atoms with Crippen molar-refractivity contribution in [1.82, 2.24) is 0 Å². The molecule has 0 saturated carbocycles. The number of rotatable bonds is 3. The normalized spacial score (nSPS) is 24.3. The SMILES string of the molecule is COc1ccc(N2C(=O)[C@@]3(C=C(C)CC(C#N)(C#N)C3(C#N)C#N)[C@H]2c2ccccc2)cc1. The second kappa shape index (κ2) is 7.52. The van der Waals surface area contributed by atoms with Crippen molar-refractivity contribution in [2.24, 2.45) is 16.2 Å². The molecule has 2 aromatic carbocycles. The van der Waals surface area contributed by atoms with Crippen LogP contribution in [-0.2, 0) is 4.79 Å². The van der Waals surface area contributed by atoms with Gasteiger partial charge in [-0.1, -0.05) is 42.0 Å². The van der Waals surface area contributed by atoms with E-state index in [1.807, 2.05) is 42.5 Å². The lowest BCUT2D eigenvalue weighted by molar-refractivity contribution is -0.145. The Morgan fingerprint density at radius 1 is 0.939 bits per heavy atom. The van der Waals surface area contributed by atoms with Gasteiger partial charge in [0.1, 0.15) is 11.2 Å². The number of ether oxygens (including phenoxy) is 1.